The highest BCUT2D eigenvalue weighted by Crippen LogP contribution is 2.35. The summed E-state index contributed by atoms with van der Waals surface area (Å²) < 4.78 is 16.2. The van der Waals surface area contributed by atoms with E-state index in [1.54, 1.807) is 47.5 Å². The van der Waals surface area contributed by atoms with E-state index in [0.29, 0.717) is 41.6 Å². The Kier molecular flexibility index (Phi) is 6.11. The van der Waals surface area contributed by atoms with Gasteiger partial charge in [0.25, 0.3) is 11.5 Å². The predicted molar refractivity (Wildman–Crippen MR) is 128 cm³/mol. The second kappa shape index (κ2) is 9.51. The van der Waals surface area contributed by atoms with Crippen molar-refractivity contribution in [2.24, 2.45) is 0 Å². The molecule has 5 rings (SSSR count). The van der Waals surface area contributed by atoms with Crippen LogP contribution in [0.3, 0.4) is 0 Å². The summed E-state index contributed by atoms with van der Waals surface area (Å²) >= 11 is 0. The number of carbonyl (C=O) groups is 2. The molecule has 2 aliphatic heterocycles. The molecule has 10 heteroatoms. The lowest BCUT2D eigenvalue weighted by Crippen LogP contribution is -2.48. The molecule has 2 aromatic carbocycles. The molecule has 0 saturated carbocycles. The summed E-state index contributed by atoms with van der Waals surface area (Å²) in [5.41, 5.74) is 1.34. The van der Waals surface area contributed by atoms with E-state index in [9.17, 15) is 14.4 Å². The number of hydrogen-bond acceptors (Lipinski definition) is 7. The van der Waals surface area contributed by atoms with Gasteiger partial charge in [0.1, 0.15) is 11.3 Å². The Morgan fingerprint density at radius 3 is 2.46 bits per heavy atom. The van der Waals surface area contributed by atoms with Crippen LogP contribution in [0.4, 0.5) is 10.5 Å². The van der Waals surface area contributed by atoms with Gasteiger partial charge in [-0.3, -0.25) is 9.59 Å². The standard InChI is InChI=1S/C25H24N4O6/c1-28-8-10-29(11-9-28)25(32)35-19-5-3-18(4-6-19)27-24(31)20-12-17(14-26-23(20)30)16-2-7-21-22(13-16)34-15-33-21/h2-7,12-14H,8-11,15H2,1H3,(H,26,30)(H,27,31). The number of fused-ring (bicyclic) bond motifs is 1. The molecule has 1 aromatic heterocycles. The van der Waals surface area contributed by atoms with Gasteiger partial charge in [0.2, 0.25) is 6.79 Å². The zero-order valence-corrected chi connectivity index (χ0v) is 19.1. The van der Waals surface area contributed by atoms with Crippen molar-refractivity contribution in [3.05, 3.63) is 70.6 Å². The molecule has 0 radical (unpaired) electrons. The van der Waals surface area contributed by atoms with Crippen molar-refractivity contribution in [2.45, 2.75) is 0 Å². The first-order valence-corrected chi connectivity index (χ1v) is 11.2. The van der Waals surface area contributed by atoms with Gasteiger partial charge < -0.3 is 34.3 Å². The number of hydrogen-bond donors (Lipinski definition) is 2. The molecule has 35 heavy (non-hydrogen) atoms. The van der Waals surface area contributed by atoms with E-state index < -0.39 is 17.6 Å². The number of pyridine rings is 1. The normalized spacial score (nSPS) is 15.1. The Balaban J connectivity index is 1.25. The van der Waals surface area contributed by atoms with Gasteiger partial charge in [0, 0.05) is 38.1 Å². The number of carbonyl (C=O) groups excluding carboxylic acids is 2. The monoisotopic (exact) mass is 476 g/mol. The van der Waals surface area contributed by atoms with E-state index in [1.165, 1.54) is 6.07 Å². The topological polar surface area (TPSA) is 113 Å². The van der Waals surface area contributed by atoms with Crippen LogP contribution >= 0.6 is 0 Å². The van der Waals surface area contributed by atoms with E-state index in [1.807, 2.05) is 13.1 Å². The molecule has 3 heterocycles. The Morgan fingerprint density at radius 2 is 1.69 bits per heavy atom. The quantitative estimate of drug-likeness (QED) is 0.595. The predicted octanol–water partition coefficient (Wildman–Crippen LogP) is 2.77. The van der Waals surface area contributed by atoms with Crippen LogP contribution in [0.2, 0.25) is 0 Å². The molecule has 180 valence electrons. The number of aromatic nitrogens is 1. The first kappa shape index (κ1) is 22.5. The minimum atomic E-state index is -0.559. The molecule has 1 saturated heterocycles. The zero-order valence-electron chi connectivity index (χ0n) is 19.1. The third-order valence-electron chi connectivity index (χ3n) is 5.93. The lowest BCUT2D eigenvalue weighted by atomic mass is 10.0. The van der Waals surface area contributed by atoms with Crippen LogP contribution in [0.25, 0.3) is 11.1 Å². The molecule has 0 unspecified atom stereocenters. The molecule has 0 spiro atoms. The van der Waals surface area contributed by atoms with Crippen LogP contribution in [0, 0.1) is 0 Å². The van der Waals surface area contributed by atoms with Crippen molar-refractivity contribution in [1.82, 2.24) is 14.8 Å². The summed E-state index contributed by atoms with van der Waals surface area (Å²) in [7, 11) is 2.01. The highest BCUT2D eigenvalue weighted by Gasteiger charge is 2.21. The second-order valence-electron chi connectivity index (χ2n) is 8.34. The fourth-order valence-electron chi connectivity index (χ4n) is 3.85. The van der Waals surface area contributed by atoms with Crippen molar-refractivity contribution in [2.75, 3.05) is 45.3 Å². The van der Waals surface area contributed by atoms with Gasteiger partial charge in [0.15, 0.2) is 11.5 Å². The van der Waals surface area contributed by atoms with E-state index >= 15 is 0 Å². The molecular formula is C25H24N4O6. The van der Waals surface area contributed by atoms with Crippen LogP contribution in [-0.2, 0) is 0 Å². The third kappa shape index (κ3) is 4.97. The van der Waals surface area contributed by atoms with Crippen molar-refractivity contribution < 1.29 is 23.8 Å². The summed E-state index contributed by atoms with van der Waals surface area (Å²) in [6, 6.07) is 13.3. The Hall–Kier alpha value is -4.31. The SMILES string of the molecule is CN1CCN(C(=O)Oc2ccc(NC(=O)c3cc(-c4ccc5c(c4)OCO5)c[nH]c3=O)cc2)CC1. The summed E-state index contributed by atoms with van der Waals surface area (Å²) in [5, 5.41) is 2.71. The molecule has 2 aliphatic rings. The number of amides is 2. The van der Waals surface area contributed by atoms with Gasteiger partial charge in [-0.1, -0.05) is 6.07 Å². The summed E-state index contributed by atoms with van der Waals surface area (Å²) in [6.07, 6.45) is 1.14. The van der Waals surface area contributed by atoms with Crippen molar-refractivity contribution in [3.8, 4) is 28.4 Å². The number of nitrogens with one attached hydrogen (secondary N) is 2. The summed E-state index contributed by atoms with van der Waals surface area (Å²) in [6.45, 7) is 2.99. The molecule has 3 aromatic rings. The first-order valence-electron chi connectivity index (χ1n) is 11.2. The Morgan fingerprint density at radius 1 is 0.943 bits per heavy atom. The number of piperazine rings is 1. The number of nitrogens with zero attached hydrogens (tertiary/aromatic N) is 2. The third-order valence-corrected chi connectivity index (χ3v) is 5.93. The van der Waals surface area contributed by atoms with E-state index in [-0.39, 0.29) is 12.4 Å². The van der Waals surface area contributed by atoms with Crippen molar-refractivity contribution in [1.29, 1.82) is 0 Å². The van der Waals surface area contributed by atoms with E-state index in [0.717, 1.165) is 18.7 Å². The zero-order chi connectivity index (χ0) is 24.4. The van der Waals surface area contributed by atoms with Gasteiger partial charge in [-0.25, -0.2) is 4.79 Å². The maximum absolute atomic E-state index is 12.8. The van der Waals surface area contributed by atoms with Crippen molar-refractivity contribution >= 4 is 17.7 Å². The summed E-state index contributed by atoms with van der Waals surface area (Å²) in [5.74, 6) is 1.06. The van der Waals surface area contributed by atoms with Crippen LogP contribution in [-0.4, -0.2) is 66.8 Å². The number of rotatable bonds is 4. The molecular weight excluding hydrogens is 452 g/mol. The van der Waals surface area contributed by atoms with Crippen LogP contribution < -0.4 is 25.1 Å². The molecule has 0 bridgehead atoms. The maximum atomic E-state index is 12.8. The number of benzene rings is 2. The van der Waals surface area contributed by atoms with Crippen LogP contribution in [0.15, 0.2) is 59.5 Å². The first-order chi connectivity index (χ1) is 17.0. The largest absolute Gasteiger partial charge is 0.454 e. The van der Waals surface area contributed by atoms with Crippen LogP contribution in [0.5, 0.6) is 17.2 Å². The maximum Gasteiger partial charge on any atom is 0.415 e. The van der Waals surface area contributed by atoms with Crippen LogP contribution in [0.1, 0.15) is 10.4 Å². The highest BCUT2D eigenvalue weighted by atomic mass is 16.7. The molecule has 1 fully saturated rings. The highest BCUT2D eigenvalue weighted by molar-refractivity contribution is 6.04. The summed E-state index contributed by atoms with van der Waals surface area (Å²) in [4.78, 5) is 43.9. The van der Waals surface area contributed by atoms with E-state index in [4.69, 9.17) is 14.2 Å². The molecule has 2 amide bonds. The molecule has 10 nitrogen and oxygen atoms in total. The number of anilines is 1. The minimum absolute atomic E-state index is 0.0364. The van der Waals surface area contributed by atoms with Gasteiger partial charge in [-0.2, -0.15) is 0 Å². The Bertz CT molecular complexity index is 1310. The lowest BCUT2D eigenvalue weighted by molar-refractivity contribution is 0.102. The Labute approximate surface area is 201 Å². The lowest BCUT2D eigenvalue weighted by Gasteiger charge is -2.31. The smallest absolute Gasteiger partial charge is 0.415 e. The van der Waals surface area contributed by atoms with Gasteiger partial charge >= 0.3 is 6.09 Å². The average Bonchev–Trinajstić information content (AvgIpc) is 3.34. The van der Waals surface area contributed by atoms with Gasteiger partial charge in [-0.15, -0.1) is 0 Å². The number of H-pyrrole nitrogens is 1. The molecule has 0 atom stereocenters. The fraction of sp³-hybridized carbons (Fsp3) is 0.240. The van der Waals surface area contributed by atoms with Gasteiger partial charge in [0.05, 0.1) is 0 Å². The molecule has 0 aliphatic carbocycles. The number of aromatic amines is 1. The number of likely N-dealkylation sites (N-methyl/N-ethyl adjacent to an activating group) is 1. The minimum Gasteiger partial charge on any atom is -0.454 e. The number of ether oxygens (including phenoxy) is 3. The average molecular weight is 476 g/mol. The van der Waals surface area contributed by atoms with Crippen molar-refractivity contribution in [3.63, 3.8) is 0 Å². The van der Waals surface area contributed by atoms with Gasteiger partial charge in [-0.05, 0) is 60.6 Å². The second-order valence-corrected chi connectivity index (χ2v) is 8.34. The van der Waals surface area contributed by atoms with E-state index in [2.05, 4.69) is 15.2 Å². The molecule has 2 N–H and O–H groups in total. The fourth-order valence-corrected chi connectivity index (χ4v) is 3.85.